The first-order valence-corrected chi connectivity index (χ1v) is 3.87. The van der Waals surface area contributed by atoms with E-state index < -0.39 is 39.9 Å². The summed E-state index contributed by atoms with van der Waals surface area (Å²) in [7, 11) is 0. The largest absolute Gasteiger partial charge is 0.393 e. The average Bonchev–Trinajstić information content (AvgIpc) is 2.15. The highest BCUT2D eigenvalue weighted by atomic mass is 19.3. The molecule has 1 rings (SSSR count). The highest BCUT2D eigenvalue weighted by molar-refractivity contribution is 5.94. The summed E-state index contributed by atoms with van der Waals surface area (Å²) in [5, 5.41) is 10.4. The smallest absolute Gasteiger partial charge is 0.310 e. The number of hydrogen-bond donors (Lipinski definition) is 2. The second-order valence-electron chi connectivity index (χ2n) is 2.74. The molecule has 0 aliphatic carbocycles. The molecule has 0 saturated carbocycles. The van der Waals surface area contributed by atoms with Crippen molar-refractivity contribution in [1.82, 2.24) is 4.98 Å². The van der Waals surface area contributed by atoms with E-state index in [1.165, 1.54) is 0 Å². The van der Waals surface area contributed by atoms with Gasteiger partial charge in [-0.15, -0.1) is 0 Å². The number of pyridine rings is 1. The quantitative estimate of drug-likeness (QED) is 0.583. The number of aromatic nitrogens is 1. The molecule has 16 heavy (non-hydrogen) atoms. The number of nitro groups is 1. The molecular weight excluding hydrogens is 226 g/mol. The zero-order valence-corrected chi connectivity index (χ0v) is 7.68. The van der Waals surface area contributed by atoms with Crippen molar-refractivity contribution in [3.05, 3.63) is 27.6 Å². The highest BCUT2D eigenvalue weighted by Crippen LogP contribution is 2.33. The second kappa shape index (κ2) is 4.04. The Kier molecular flexibility index (Phi) is 2.97. The summed E-state index contributed by atoms with van der Waals surface area (Å²) in [6, 6.07) is 0. The van der Waals surface area contributed by atoms with Crippen molar-refractivity contribution in [2.24, 2.45) is 5.73 Å². The molecule has 0 unspecified atom stereocenters. The molecule has 0 aliphatic rings. The summed E-state index contributed by atoms with van der Waals surface area (Å²) in [6.07, 6.45) is -2.56. The molecule has 4 N–H and O–H groups in total. The lowest BCUT2D eigenvalue weighted by Gasteiger charge is -2.07. The summed E-state index contributed by atoms with van der Waals surface area (Å²) >= 11 is 0. The van der Waals surface area contributed by atoms with E-state index in [9.17, 15) is 23.7 Å². The van der Waals surface area contributed by atoms with E-state index in [4.69, 9.17) is 11.5 Å². The van der Waals surface area contributed by atoms with Gasteiger partial charge in [0.05, 0.1) is 10.5 Å². The van der Waals surface area contributed by atoms with Gasteiger partial charge in [-0.25, -0.2) is 13.8 Å². The van der Waals surface area contributed by atoms with Crippen molar-refractivity contribution in [2.45, 2.75) is 6.43 Å². The first-order chi connectivity index (χ1) is 7.36. The minimum Gasteiger partial charge on any atom is -0.393 e. The van der Waals surface area contributed by atoms with E-state index in [1.54, 1.807) is 0 Å². The summed E-state index contributed by atoms with van der Waals surface area (Å²) in [4.78, 5) is 23.4. The minimum atomic E-state index is -3.17. The third kappa shape index (κ3) is 1.87. The maximum Gasteiger partial charge on any atom is 0.310 e. The Morgan fingerprint density at radius 1 is 1.56 bits per heavy atom. The Bertz CT molecular complexity index is 463. The molecule has 0 bridgehead atoms. The fourth-order valence-electron chi connectivity index (χ4n) is 1.09. The lowest BCUT2D eigenvalue weighted by atomic mass is 10.1. The molecule has 0 fully saturated rings. The SMILES string of the molecule is NC(=O)c1ncc([N+](=O)[O-])c(N)c1C(F)F. The molecule has 1 aromatic rings. The Morgan fingerprint density at radius 2 is 2.12 bits per heavy atom. The number of anilines is 1. The zero-order chi connectivity index (χ0) is 12.5. The number of alkyl halides is 2. The van der Waals surface area contributed by atoms with Crippen molar-refractivity contribution >= 4 is 17.3 Å². The van der Waals surface area contributed by atoms with Gasteiger partial charge in [0, 0.05) is 0 Å². The van der Waals surface area contributed by atoms with Crippen LogP contribution in [0.2, 0.25) is 0 Å². The Labute approximate surface area is 87.2 Å². The van der Waals surface area contributed by atoms with Gasteiger partial charge in [-0.1, -0.05) is 0 Å². The number of carbonyl (C=O) groups is 1. The van der Waals surface area contributed by atoms with Crippen LogP contribution in [0.3, 0.4) is 0 Å². The molecule has 0 aliphatic heterocycles. The number of amides is 1. The van der Waals surface area contributed by atoms with Gasteiger partial charge in [-0.3, -0.25) is 14.9 Å². The van der Waals surface area contributed by atoms with E-state index in [2.05, 4.69) is 4.98 Å². The first-order valence-electron chi connectivity index (χ1n) is 3.87. The normalized spacial score (nSPS) is 10.4. The monoisotopic (exact) mass is 232 g/mol. The van der Waals surface area contributed by atoms with Crippen LogP contribution in [0.1, 0.15) is 22.5 Å². The van der Waals surface area contributed by atoms with Gasteiger partial charge >= 0.3 is 5.69 Å². The number of hydrogen-bond acceptors (Lipinski definition) is 5. The number of nitrogens with zero attached hydrogens (tertiary/aromatic N) is 2. The Morgan fingerprint density at radius 3 is 2.50 bits per heavy atom. The van der Waals surface area contributed by atoms with E-state index in [1.807, 2.05) is 0 Å². The van der Waals surface area contributed by atoms with Crippen LogP contribution in [0.25, 0.3) is 0 Å². The van der Waals surface area contributed by atoms with Gasteiger partial charge in [0.2, 0.25) is 0 Å². The van der Waals surface area contributed by atoms with Crippen LogP contribution in [0.4, 0.5) is 20.2 Å². The van der Waals surface area contributed by atoms with Gasteiger partial charge in [0.25, 0.3) is 12.3 Å². The van der Waals surface area contributed by atoms with Crippen molar-refractivity contribution < 1.29 is 18.5 Å². The minimum absolute atomic E-state index is 0.612. The van der Waals surface area contributed by atoms with Crippen molar-refractivity contribution in [2.75, 3.05) is 5.73 Å². The second-order valence-corrected chi connectivity index (χ2v) is 2.74. The van der Waals surface area contributed by atoms with Crippen LogP contribution in [-0.4, -0.2) is 15.8 Å². The maximum atomic E-state index is 12.5. The van der Waals surface area contributed by atoms with Crippen LogP contribution in [0, 0.1) is 10.1 Å². The van der Waals surface area contributed by atoms with Gasteiger partial charge in [-0.2, -0.15) is 0 Å². The molecule has 1 amide bonds. The molecule has 0 radical (unpaired) electrons. The summed E-state index contributed by atoms with van der Waals surface area (Å²) in [5.74, 6) is -1.23. The van der Waals surface area contributed by atoms with Crippen LogP contribution < -0.4 is 11.5 Å². The number of primary amides is 1. The van der Waals surface area contributed by atoms with Gasteiger partial charge < -0.3 is 11.5 Å². The number of rotatable bonds is 3. The van der Waals surface area contributed by atoms with Crippen molar-refractivity contribution in [1.29, 1.82) is 0 Å². The molecule has 0 atom stereocenters. The lowest BCUT2D eigenvalue weighted by Crippen LogP contribution is -2.18. The maximum absolute atomic E-state index is 12.5. The fourth-order valence-corrected chi connectivity index (χ4v) is 1.09. The zero-order valence-electron chi connectivity index (χ0n) is 7.68. The molecular formula is C7H6F2N4O3. The predicted molar refractivity (Wildman–Crippen MR) is 48.8 cm³/mol. The summed E-state index contributed by atoms with van der Waals surface area (Å²) in [5.41, 5.74) is 6.57. The molecule has 1 heterocycles. The van der Waals surface area contributed by atoms with Crippen LogP contribution in [-0.2, 0) is 0 Å². The fraction of sp³-hybridized carbons (Fsp3) is 0.143. The summed E-state index contributed by atoms with van der Waals surface area (Å²) in [6.45, 7) is 0. The molecule has 0 aromatic carbocycles. The Hall–Kier alpha value is -2.32. The molecule has 1 aromatic heterocycles. The summed E-state index contributed by atoms with van der Waals surface area (Å²) < 4.78 is 25.1. The molecule has 7 nitrogen and oxygen atoms in total. The number of carbonyl (C=O) groups excluding carboxylic acids is 1. The van der Waals surface area contributed by atoms with Crippen LogP contribution >= 0.6 is 0 Å². The third-order valence-corrected chi connectivity index (χ3v) is 1.79. The van der Waals surface area contributed by atoms with E-state index in [0.29, 0.717) is 6.20 Å². The third-order valence-electron chi connectivity index (χ3n) is 1.79. The molecule has 0 saturated heterocycles. The average molecular weight is 232 g/mol. The molecule has 86 valence electrons. The highest BCUT2D eigenvalue weighted by Gasteiger charge is 2.27. The van der Waals surface area contributed by atoms with Gasteiger partial charge in [0.15, 0.2) is 0 Å². The predicted octanol–water partition coefficient (Wildman–Crippen LogP) is 0.608. The first kappa shape index (κ1) is 11.8. The number of nitrogen functional groups attached to an aromatic ring is 1. The topological polar surface area (TPSA) is 125 Å². The van der Waals surface area contributed by atoms with Crippen LogP contribution in [0.15, 0.2) is 6.20 Å². The van der Waals surface area contributed by atoms with E-state index in [-0.39, 0.29) is 0 Å². The lowest BCUT2D eigenvalue weighted by molar-refractivity contribution is -0.384. The van der Waals surface area contributed by atoms with Crippen molar-refractivity contribution in [3.8, 4) is 0 Å². The van der Waals surface area contributed by atoms with Gasteiger partial charge in [-0.05, 0) is 0 Å². The standard InChI is InChI=1S/C7H6F2N4O3/c8-6(9)3-4(10)2(13(15)16)1-12-5(3)7(11)14/h1,6H,(H2,10,12)(H2,11,14). The molecule has 9 heteroatoms. The van der Waals surface area contributed by atoms with Gasteiger partial charge in [0.1, 0.15) is 17.6 Å². The van der Waals surface area contributed by atoms with E-state index in [0.717, 1.165) is 0 Å². The van der Waals surface area contributed by atoms with E-state index >= 15 is 0 Å². The number of nitrogens with two attached hydrogens (primary N) is 2. The number of halogens is 2. The van der Waals surface area contributed by atoms with Crippen LogP contribution in [0.5, 0.6) is 0 Å². The molecule has 0 spiro atoms. The Balaban J connectivity index is 3.54. The van der Waals surface area contributed by atoms with Crippen molar-refractivity contribution in [3.63, 3.8) is 0 Å².